The minimum Gasteiger partial charge on any atom is -0.343 e. The fourth-order valence-corrected chi connectivity index (χ4v) is 6.29. The summed E-state index contributed by atoms with van der Waals surface area (Å²) < 4.78 is 0. The quantitative estimate of drug-likeness (QED) is 0.216. The number of benzene rings is 2. The number of piperidine rings is 1. The molecule has 48 heavy (non-hydrogen) atoms. The molecule has 0 spiro atoms. The summed E-state index contributed by atoms with van der Waals surface area (Å²) in [5.41, 5.74) is 3.78. The van der Waals surface area contributed by atoms with Crippen LogP contribution < -0.4 is 16.0 Å². The third-order valence-electron chi connectivity index (χ3n) is 9.25. The molecule has 0 bridgehead atoms. The second kappa shape index (κ2) is 17.0. The summed E-state index contributed by atoms with van der Waals surface area (Å²) in [6, 6.07) is 19.2. The summed E-state index contributed by atoms with van der Waals surface area (Å²) >= 11 is 0. The minimum atomic E-state index is -0.658. The maximum Gasteiger partial charge on any atom is 0.244 e. The number of amides is 4. The molecule has 4 rings (SSSR count). The normalized spacial score (nSPS) is 14.0. The summed E-state index contributed by atoms with van der Waals surface area (Å²) in [6.45, 7) is 11.6. The molecular formula is C38H50N6O4. The molecule has 1 aliphatic rings. The van der Waals surface area contributed by atoms with E-state index in [9.17, 15) is 19.2 Å². The summed E-state index contributed by atoms with van der Waals surface area (Å²) in [5.74, 6) is -0.0920. The van der Waals surface area contributed by atoms with Crippen LogP contribution in [-0.4, -0.2) is 64.1 Å². The molecule has 0 radical (unpaired) electrons. The highest BCUT2D eigenvalue weighted by atomic mass is 16.2. The van der Waals surface area contributed by atoms with Crippen LogP contribution in [-0.2, 0) is 45.1 Å². The molecular weight excluding hydrogens is 604 g/mol. The Bertz CT molecular complexity index is 1570. The number of nitrogens with zero attached hydrogens (tertiary/aromatic N) is 3. The van der Waals surface area contributed by atoms with Crippen LogP contribution in [0.5, 0.6) is 0 Å². The number of nitrogens with one attached hydrogen (secondary N) is 3. The van der Waals surface area contributed by atoms with Crippen molar-refractivity contribution in [3.05, 3.63) is 89.1 Å². The highest BCUT2D eigenvalue weighted by Gasteiger charge is 2.43. The van der Waals surface area contributed by atoms with Crippen molar-refractivity contribution < 1.29 is 19.2 Å². The van der Waals surface area contributed by atoms with Crippen LogP contribution in [0.25, 0.3) is 0 Å². The van der Waals surface area contributed by atoms with E-state index < -0.39 is 5.41 Å². The van der Waals surface area contributed by atoms with Gasteiger partial charge in [0.1, 0.15) is 12.4 Å². The molecule has 1 aliphatic heterocycles. The van der Waals surface area contributed by atoms with E-state index in [0.29, 0.717) is 56.4 Å². The Morgan fingerprint density at radius 2 is 1.58 bits per heavy atom. The Kier molecular flexibility index (Phi) is 12.9. The van der Waals surface area contributed by atoms with Gasteiger partial charge in [-0.2, -0.15) is 0 Å². The van der Waals surface area contributed by atoms with Crippen molar-refractivity contribution in [1.29, 1.82) is 0 Å². The summed E-state index contributed by atoms with van der Waals surface area (Å²) in [5, 5.41) is 9.29. The van der Waals surface area contributed by atoms with Crippen LogP contribution >= 0.6 is 0 Å². The van der Waals surface area contributed by atoms with Gasteiger partial charge in [-0.1, -0.05) is 64.1 Å². The number of hydrogen-bond acceptors (Lipinski definition) is 6. The Labute approximate surface area is 284 Å². The molecule has 0 unspecified atom stereocenters. The molecule has 256 valence electrons. The Morgan fingerprint density at radius 3 is 2.21 bits per heavy atom. The van der Waals surface area contributed by atoms with Gasteiger partial charge in [0.05, 0.1) is 11.8 Å². The molecule has 2 heterocycles. The molecule has 2 aromatic carbocycles. The second-order valence-electron chi connectivity index (χ2n) is 12.9. The van der Waals surface area contributed by atoms with E-state index in [-0.39, 0.29) is 43.1 Å². The average Bonchev–Trinajstić information content (AvgIpc) is 3.07. The maximum absolute atomic E-state index is 14.5. The standard InChI is InChI=1S/C38H50N6O4/c1-6-29-15-16-33(22-32(29)23-35(46)42-34-14-10-11-19-39-34)41-36(47)26-44(25-31-13-9-8-12-30(31)24-40-27(3)4)37(48)38(7-2)17-20-43(21-18-38)28(5)45/h8-16,19,22,27,40H,6-7,17-18,20-21,23-26H2,1-5H3,(H,41,47)(H,39,42,46). The minimum absolute atomic E-state index is 0.0117. The van der Waals surface area contributed by atoms with Crippen LogP contribution in [0.15, 0.2) is 66.9 Å². The van der Waals surface area contributed by atoms with Gasteiger partial charge in [-0.05, 0) is 72.2 Å². The molecule has 1 saturated heterocycles. The molecule has 10 heteroatoms. The van der Waals surface area contributed by atoms with E-state index in [2.05, 4.69) is 40.8 Å². The van der Waals surface area contributed by atoms with E-state index in [1.165, 1.54) is 0 Å². The fourth-order valence-electron chi connectivity index (χ4n) is 6.29. The zero-order chi connectivity index (χ0) is 34.7. The Balaban J connectivity index is 1.55. The van der Waals surface area contributed by atoms with E-state index in [0.717, 1.165) is 28.7 Å². The number of pyridine rings is 1. The van der Waals surface area contributed by atoms with E-state index in [1.807, 2.05) is 56.3 Å². The van der Waals surface area contributed by atoms with Gasteiger partial charge in [0.25, 0.3) is 0 Å². The zero-order valence-corrected chi connectivity index (χ0v) is 29.0. The Hall–Kier alpha value is -4.57. The second-order valence-corrected chi connectivity index (χ2v) is 12.9. The van der Waals surface area contributed by atoms with Gasteiger partial charge in [-0.25, -0.2) is 4.98 Å². The predicted octanol–water partition coefficient (Wildman–Crippen LogP) is 5.33. The number of aromatic nitrogens is 1. The topological polar surface area (TPSA) is 124 Å². The summed E-state index contributed by atoms with van der Waals surface area (Å²) in [6.07, 6.45) is 4.21. The zero-order valence-electron chi connectivity index (χ0n) is 29.0. The van der Waals surface area contributed by atoms with Crippen LogP contribution in [0, 0.1) is 5.41 Å². The lowest BCUT2D eigenvalue weighted by molar-refractivity contribution is -0.150. The van der Waals surface area contributed by atoms with Crippen molar-refractivity contribution in [2.75, 3.05) is 30.3 Å². The van der Waals surface area contributed by atoms with E-state index >= 15 is 0 Å². The first-order chi connectivity index (χ1) is 23.0. The maximum atomic E-state index is 14.5. The van der Waals surface area contributed by atoms with Crippen LogP contribution in [0.3, 0.4) is 0 Å². The van der Waals surface area contributed by atoms with Crippen molar-refractivity contribution in [2.24, 2.45) is 5.41 Å². The highest BCUT2D eigenvalue weighted by molar-refractivity contribution is 5.96. The molecule has 3 N–H and O–H groups in total. The van der Waals surface area contributed by atoms with E-state index in [4.69, 9.17) is 0 Å². The van der Waals surface area contributed by atoms with Crippen molar-refractivity contribution >= 4 is 35.1 Å². The van der Waals surface area contributed by atoms with Gasteiger partial charge in [-0.15, -0.1) is 0 Å². The highest BCUT2D eigenvalue weighted by Crippen LogP contribution is 2.37. The van der Waals surface area contributed by atoms with Crippen molar-refractivity contribution in [3.8, 4) is 0 Å². The number of rotatable bonds is 14. The summed E-state index contributed by atoms with van der Waals surface area (Å²) in [4.78, 5) is 60.7. The van der Waals surface area contributed by atoms with Crippen LogP contribution in [0.2, 0.25) is 0 Å². The van der Waals surface area contributed by atoms with Crippen LogP contribution in [0.1, 0.15) is 76.1 Å². The molecule has 10 nitrogen and oxygen atoms in total. The van der Waals surface area contributed by atoms with Crippen molar-refractivity contribution in [3.63, 3.8) is 0 Å². The van der Waals surface area contributed by atoms with Crippen molar-refractivity contribution in [1.82, 2.24) is 20.1 Å². The third-order valence-corrected chi connectivity index (χ3v) is 9.25. The van der Waals surface area contributed by atoms with E-state index in [1.54, 1.807) is 35.1 Å². The molecule has 1 aromatic heterocycles. The molecule has 3 aromatic rings. The monoisotopic (exact) mass is 654 g/mol. The van der Waals surface area contributed by atoms with Gasteiger partial charge in [0, 0.05) is 51.0 Å². The number of anilines is 2. The molecule has 4 amide bonds. The lowest BCUT2D eigenvalue weighted by Gasteiger charge is -2.42. The average molecular weight is 655 g/mol. The lowest BCUT2D eigenvalue weighted by Crippen LogP contribution is -2.52. The number of hydrogen-bond donors (Lipinski definition) is 3. The van der Waals surface area contributed by atoms with Gasteiger partial charge in [0.15, 0.2) is 0 Å². The molecule has 0 saturated carbocycles. The third kappa shape index (κ3) is 9.73. The first kappa shape index (κ1) is 36.3. The van der Waals surface area contributed by atoms with Gasteiger partial charge in [-0.3, -0.25) is 19.2 Å². The number of likely N-dealkylation sites (tertiary alicyclic amines) is 1. The largest absolute Gasteiger partial charge is 0.343 e. The number of carbonyl (C=O) groups is 4. The Morgan fingerprint density at radius 1 is 0.875 bits per heavy atom. The smallest absolute Gasteiger partial charge is 0.244 e. The SMILES string of the molecule is CCc1ccc(NC(=O)CN(Cc2ccccc2CNC(C)C)C(=O)C2(CC)CCN(C(C)=O)CC2)cc1CC(=O)Nc1ccccn1. The predicted molar refractivity (Wildman–Crippen MR) is 189 cm³/mol. The van der Waals surface area contributed by atoms with Gasteiger partial charge in [0.2, 0.25) is 23.6 Å². The van der Waals surface area contributed by atoms with Gasteiger partial charge < -0.3 is 25.8 Å². The summed E-state index contributed by atoms with van der Waals surface area (Å²) in [7, 11) is 0. The first-order valence-corrected chi connectivity index (χ1v) is 17.0. The lowest BCUT2D eigenvalue weighted by atomic mass is 9.74. The molecule has 0 atom stereocenters. The fraction of sp³-hybridized carbons (Fsp3) is 0.447. The first-order valence-electron chi connectivity index (χ1n) is 17.0. The molecule has 1 fully saturated rings. The van der Waals surface area contributed by atoms with Crippen molar-refractivity contribution in [2.45, 2.75) is 85.9 Å². The van der Waals surface area contributed by atoms with Crippen LogP contribution in [0.4, 0.5) is 11.5 Å². The number of carbonyl (C=O) groups excluding carboxylic acids is 4. The van der Waals surface area contributed by atoms with Gasteiger partial charge >= 0.3 is 0 Å². The number of aryl methyl sites for hydroxylation is 1. The molecule has 0 aliphatic carbocycles.